The number of carbonyl (C=O) groups excluding carboxylic acids is 1. The van der Waals surface area contributed by atoms with Gasteiger partial charge in [0.05, 0.1) is 5.60 Å². The Labute approximate surface area is 131 Å². The van der Waals surface area contributed by atoms with Crippen LogP contribution in [0.2, 0.25) is 0 Å². The number of nitrogens with one attached hydrogen (secondary N) is 2. The second kappa shape index (κ2) is 6.24. The summed E-state index contributed by atoms with van der Waals surface area (Å²) in [5.41, 5.74) is -0.548. The maximum Gasteiger partial charge on any atom is 0.314 e. The number of hydrogen-bond acceptors (Lipinski definition) is 2. The summed E-state index contributed by atoms with van der Waals surface area (Å²) in [5, 5.41) is 15.6. The van der Waals surface area contributed by atoms with Gasteiger partial charge in [-0.05, 0) is 37.3 Å². The van der Waals surface area contributed by atoms with Crippen LogP contribution in [-0.4, -0.2) is 29.8 Å². The van der Waals surface area contributed by atoms with Gasteiger partial charge in [-0.1, -0.05) is 32.0 Å². The number of rotatable bonds is 6. The van der Waals surface area contributed by atoms with Crippen LogP contribution < -0.4 is 10.6 Å². The lowest BCUT2D eigenvalue weighted by molar-refractivity contribution is 0.0166. The third-order valence-corrected chi connectivity index (χ3v) is 4.74. The Morgan fingerprint density at radius 1 is 1.36 bits per heavy atom. The summed E-state index contributed by atoms with van der Waals surface area (Å²) in [6, 6.07) is 6.39. The summed E-state index contributed by atoms with van der Waals surface area (Å²) in [5.74, 6) is -0.175. The second-order valence-electron chi connectivity index (χ2n) is 6.81. The van der Waals surface area contributed by atoms with Crippen molar-refractivity contribution in [1.29, 1.82) is 0 Å². The Morgan fingerprint density at radius 2 is 2.00 bits per heavy atom. The molecule has 0 heterocycles. The van der Waals surface area contributed by atoms with Crippen LogP contribution in [0.15, 0.2) is 24.3 Å². The fraction of sp³-hybridized carbons (Fsp3) is 0.588. The molecule has 0 aliphatic heterocycles. The lowest BCUT2D eigenvalue weighted by atomic mass is 9.93. The molecular formula is C17H25FN2O2. The highest BCUT2D eigenvalue weighted by molar-refractivity contribution is 5.74. The summed E-state index contributed by atoms with van der Waals surface area (Å²) in [6.45, 7) is 6.08. The lowest BCUT2D eigenvalue weighted by Crippen LogP contribution is -2.48. The standard InChI is InChI=1S/C17H25FN2O2/c1-12(2)16(3,22)10-19-15(21)20-11-17(8-9-17)13-6-4-5-7-14(13)18/h4-7,12,22H,8-11H2,1-3H3,(H2,19,20,21). The first-order valence-electron chi connectivity index (χ1n) is 7.76. The summed E-state index contributed by atoms with van der Waals surface area (Å²) in [7, 11) is 0. The van der Waals surface area contributed by atoms with Gasteiger partial charge in [0.1, 0.15) is 5.82 Å². The van der Waals surface area contributed by atoms with Crippen LogP contribution in [0.1, 0.15) is 39.2 Å². The van der Waals surface area contributed by atoms with E-state index in [-0.39, 0.29) is 29.7 Å². The molecule has 0 saturated heterocycles. The Hall–Kier alpha value is -1.62. The summed E-state index contributed by atoms with van der Waals surface area (Å²) >= 11 is 0. The Morgan fingerprint density at radius 3 is 2.55 bits per heavy atom. The SMILES string of the molecule is CC(C)C(C)(O)CNC(=O)NCC1(c2ccccc2F)CC1. The molecule has 1 saturated carbocycles. The number of benzene rings is 1. The van der Waals surface area contributed by atoms with Crippen molar-refractivity contribution in [2.45, 2.75) is 44.6 Å². The van der Waals surface area contributed by atoms with Gasteiger partial charge in [0.25, 0.3) is 0 Å². The Kier molecular flexibility index (Phi) is 4.75. The minimum Gasteiger partial charge on any atom is -0.388 e. The molecule has 1 unspecified atom stereocenters. The fourth-order valence-electron chi connectivity index (χ4n) is 2.36. The van der Waals surface area contributed by atoms with Crippen molar-refractivity contribution in [2.75, 3.05) is 13.1 Å². The molecule has 1 fully saturated rings. The van der Waals surface area contributed by atoms with E-state index in [0.29, 0.717) is 12.1 Å². The normalized spacial score (nSPS) is 18.6. The second-order valence-corrected chi connectivity index (χ2v) is 6.81. The molecule has 0 aromatic heterocycles. The van der Waals surface area contributed by atoms with Gasteiger partial charge >= 0.3 is 6.03 Å². The van der Waals surface area contributed by atoms with E-state index in [2.05, 4.69) is 10.6 Å². The van der Waals surface area contributed by atoms with E-state index in [4.69, 9.17) is 0 Å². The number of hydrogen-bond donors (Lipinski definition) is 3. The van der Waals surface area contributed by atoms with Crippen LogP contribution in [0.3, 0.4) is 0 Å². The van der Waals surface area contributed by atoms with Gasteiger partial charge in [0.15, 0.2) is 0 Å². The fourth-order valence-corrected chi connectivity index (χ4v) is 2.36. The van der Waals surface area contributed by atoms with E-state index in [1.54, 1.807) is 19.1 Å². The average molecular weight is 308 g/mol. The highest BCUT2D eigenvalue weighted by Crippen LogP contribution is 2.48. The summed E-state index contributed by atoms with van der Waals surface area (Å²) < 4.78 is 13.9. The van der Waals surface area contributed by atoms with Crippen molar-refractivity contribution < 1.29 is 14.3 Å². The number of carbonyl (C=O) groups is 1. The number of aliphatic hydroxyl groups is 1. The molecule has 1 atom stereocenters. The van der Waals surface area contributed by atoms with E-state index in [9.17, 15) is 14.3 Å². The molecule has 0 spiro atoms. The van der Waals surface area contributed by atoms with Crippen molar-refractivity contribution in [3.63, 3.8) is 0 Å². The zero-order valence-corrected chi connectivity index (χ0v) is 13.4. The molecule has 1 aromatic rings. The van der Waals surface area contributed by atoms with E-state index in [1.807, 2.05) is 19.9 Å². The van der Waals surface area contributed by atoms with E-state index in [0.717, 1.165) is 12.8 Å². The molecule has 4 nitrogen and oxygen atoms in total. The largest absolute Gasteiger partial charge is 0.388 e. The van der Waals surface area contributed by atoms with E-state index in [1.165, 1.54) is 6.07 Å². The first kappa shape index (κ1) is 16.7. The van der Waals surface area contributed by atoms with Crippen molar-refractivity contribution in [3.8, 4) is 0 Å². The van der Waals surface area contributed by atoms with Crippen LogP contribution in [0.5, 0.6) is 0 Å². The molecule has 0 bridgehead atoms. The highest BCUT2D eigenvalue weighted by atomic mass is 19.1. The van der Waals surface area contributed by atoms with E-state index >= 15 is 0 Å². The molecule has 3 N–H and O–H groups in total. The number of amides is 2. The average Bonchev–Trinajstić information content (AvgIpc) is 3.24. The van der Waals surface area contributed by atoms with Gasteiger partial charge in [-0.2, -0.15) is 0 Å². The summed E-state index contributed by atoms with van der Waals surface area (Å²) in [6.07, 6.45) is 1.75. The lowest BCUT2D eigenvalue weighted by Gasteiger charge is -2.28. The topological polar surface area (TPSA) is 61.4 Å². The molecule has 122 valence electrons. The molecule has 1 aromatic carbocycles. The van der Waals surface area contributed by atoms with Crippen molar-refractivity contribution in [3.05, 3.63) is 35.6 Å². The van der Waals surface area contributed by atoms with Crippen molar-refractivity contribution in [2.24, 2.45) is 5.92 Å². The number of halogens is 1. The van der Waals surface area contributed by atoms with Crippen LogP contribution >= 0.6 is 0 Å². The predicted octanol–water partition coefficient (Wildman–Crippen LogP) is 2.56. The van der Waals surface area contributed by atoms with E-state index < -0.39 is 5.60 Å². The maximum atomic E-state index is 13.9. The Bertz CT molecular complexity index is 539. The third-order valence-electron chi connectivity index (χ3n) is 4.74. The smallest absolute Gasteiger partial charge is 0.314 e. The van der Waals surface area contributed by atoms with Gasteiger partial charge in [-0.15, -0.1) is 0 Å². The minimum absolute atomic E-state index is 0.0426. The molecule has 1 aliphatic carbocycles. The highest BCUT2D eigenvalue weighted by Gasteiger charge is 2.46. The minimum atomic E-state index is -0.944. The van der Waals surface area contributed by atoms with Gasteiger partial charge in [-0.3, -0.25) is 0 Å². The van der Waals surface area contributed by atoms with Gasteiger partial charge < -0.3 is 15.7 Å². The molecule has 2 rings (SSSR count). The molecule has 2 amide bonds. The third kappa shape index (κ3) is 3.77. The number of urea groups is 1. The first-order chi connectivity index (χ1) is 10.3. The zero-order chi connectivity index (χ0) is 16.4. The van der Waals surface area contributed by atoms with Crippen LogP contribution in [0.25, 0.3) is 0 Å². The molecular weight excluding hydrogens is 283 g/mol. The predicted molar refractivity (Wildman–Crippen MR) is 84.2 cm³/mol. The van der Waals surface area contributed by atoms with Crippen LogP contribution in [0.4, 0.5) is 9.18 Å². The molecule has 1 aliphatic rings. The maximum absolute atomic E-state index is 13.9. The van der Waals surface area contributed by atoms with Gasteiger partial charge in [-0.25, -0.2) is 9.18 Å². The van der Waals surface area contributed by atoms with Crippen molar-refractivity contribution >= 4 is 6.03 Å². The monoisotopic (exact) mass is 308 g/mol. The van der Waals surface area contributed by atoms with Crippen molar-refractivity contribution in [1.82, 2.24) is 10.6 Å². The molecule has 5 heteroatoms. The quantitative estimate of drug-likeness (QED) is 0.756. The summed E-state index contributed by atoms with van der Waals surface area (Å²) in [4.78, 5) is 11.9. The molecule has 22 heavy (non-hydrogen) atoms. The first-order valence-corrected chi connectivity index (χ1v) is 7.76. The zero-order valence-electron chi connectivity index (χ0n) is 13.4. The van der Waals surface area contributed by atoms with Crippen LogP contribution in [0, 0.1) is 11.7 Å². The van der Waals surface area contributed by atoms with Gasteiger partial charge in [0, 0.05) is 18.5 Å². The van der Waals surface area contributed by atoms with Gasteiger partial charge in [0.2, 0.25) is 0 Å². The Balaban J connectivity index is 1.86. The van der Waals surface area contributed by atoms with Crippen LogP contribution in [-0.2, 0) is 5.41 Å². The molecule has 0 radical (unpaired) electrons.